The Hall–Kier alpha value is -0.620. The molecular weight excluding hydrogens is 312 g/mol. The van der Waals surface area contributed by atoms with E-state index in [1.54, 1.807) is 11.2 Å². The van der Waals surface area contributed by atoms with Crippen molar-refractivity contribution in [3.63, 3.8) is 0 Å². The number of rotatable bonds is 4. The molecule has 23 heavy (non-hydrogen) atoms. The van der Waals surface area contributed by atoms with Gasteiger partial charge < -0.3 is 4.90 Å². The third-order valence-corrected chi connectivity index (χ3v) is 7.93. The van der Waals surface area contributed by atoms with E-state index in [1.165, 1.54) is 32.1 Å². The maximum atomic E-state index is 13.1. The largest absolute Gasteiger partial charge is 0.342 e. The van der Waals surface area contributed by atoms with Gasteiger partial charge in [0, 0.05) is 26.2 Å². The summed E-state index contributed by atoms with van der Waals surface area (Å²) in [6.45, 7) is 4.35. The maximum absolute atomic E-state index is 13.1. The molecule has 1 aliphatic carbocycles. The molecule has 0 bridgehead atoms. The van der Waals surface area contributed by atoms with E-state index in [9.17, 15) is 13.2 Å². The van der Waals surface area contributed by atoms with Gasteiger partial charge in [0.1, 0.15) is 0 Å². The molecule has 0 aromatic carbocycles. The zero-order valence-electron chi connectivity index (χ0n) is 14.3. The number of nitrogens with zero attached hydrogens (tertiary/aromatic N) is 2. The third-order valence-electron chi connectivity index (χ3n) is 6.10. The fourth-order valence-corrected chi connectivity index (χ4v) is 5.82. The highest BCUT2D eigenvalue weighted by Gasteiger charge is 2.50. The average molecular weight is 343 g/mol. The van der Waals surface area contributed by atoms with Crippen LogP contribution in [0.5, 0.6) is 0 Å². The lowest BCUT2D eigenvalue weighted by Crippen LogP contribution is -2.51. The van der Waals surface area contributed by atoms with Gasteiger partial charge in [-0.3, -0.25) is 4.79 Å². The summed E-state index contributed by atoms with van der Waals surface area (Å²) in [5, 5.41) is 0. The number of carbonyl (C=O) groups excluding carboxylic acids is 1. The first-order valence-electron chi connectivity index (χ1n) is 9.24. The van der Waals surface area contributed by atoms with Gasteiger partial charge in [0.05, 0.1) is 11.2 Å². The minimum Gasteiger partial charge on any atom is -0.342 e. The number of hydrogen-bond donors (Lipinski definition) is 0. The van der Waals surface area contributed by atoms with Gasteiger partial charge in [0.2, 0.25) is 15.9 Å². The van der Waals surface area contributed by atoms with Crippen molar-refractivity contribution in [1.82, 2.24) is 9.21 Å². The van der Waals surface area contributed by atoms with Crippen molar-refractivity contribution in [2.75, 3.05) is 31.9 Å². The number of amides is 1. The molecule has 3 fully saturated rings. The third kappa shape index (κ3) is 3.43. The Balaban J connectivity index is 1.67. The number of sulfonamides is 1. The second-order valence-electron chi connectivity index (χ2n) is 7.62. The van der Waals surface area contributed by atoms with E-state index in [1.807, 2.05) is 0 Å². The van der Waals surface area contributed by atoms with E-state index < -0.39 is 15.4 Å². The monoisotopic (exact) mass is 342 g/mol. The van der Waals surface area contributed by atoms with Crippen LogP contribution in [0, 0.1) is 11.3 Å². The van der Waals surface area contributed by atoms with Crippen LogP contribution >= 0.6 is 0 Å². The lowest BCUT2D eigenvalue weighted by Gasteiger charge is -2.41. The fourth-order valence-electron chi connectivity index (χ4n) is 4.64. The van der Waals surface area contributed by atoms with E-state index in [0.29, 0.717) is 25.4 Å². The summed E-state index contributed by atoms with van der Waals surface area (Å²) in [7, 11) is -3.18. The van der Waals surface area contributed by atoms with Gasteiger partial charge in [0.15, 0.2) is 0 Å². The van der Waals surface area contributed by atoms with Crippen LogP contribution < -0.4 is 0 Å². The highest BCUT2D eigenvalue weighted by Crippen LogP contribution is 2.41. The van der Waals surface area contributed by atoms with Crippen molar-refractivity contribution in [3.05, 3.63) is 0 Å². The summed E-state index contributed by atoms with van der Waals surface area (Å²) in [5.41, 5.74) is -0.435. The van der Waals surface area contributed by atoms with Gasteiger partial charge in [-0.05, 0) is 44.9 Å². The summed E-state index contributed by atoms with van der Waals surface area (Å²) in [6.07, 6.45) is 8.96. The molecule has 3 rings (SSSR count). The van der Waals surface area contributed by atoms with Crippen LogP contribution in [0.2, 0.25) is 0 Å². The predicted molar refractivity (Wildman–Crippen MR) is 90.5 cm³/mol. The van der Waals surface area contributed by atoms with Crippen molar-refractivity contribution in [1.29, 1.82) is 0 Å². The van der Waals surface area contributed by atoms with Crippen LogP contribution in [-0.4, -0.2) is 55.5 Å². The fraction of sp³-hybridized carbons (Fsp3) is 0.941. The lowest BCUT2D eigenvalue weighted by atomic mass is 9.77. The minimum atomic E-state index is -3.18. The van der Waals surface area contributed by atoms with E-state index in [-0.39, 0.29) is 11.7 Å². The first-order chi connectivity index (χ1) is 11.0. The first kappa shape index (κ1) is 17.2. The van der Waals surface area contributed by atoms with Crippen molar-refractivity contribution < 1.29 is 13.2 Å². The number of hydrogen-bond acceptors (Lipinski definition) is 3. The SMILES string of the molecule is CCS(=O)(=O)N1CC[C@@]2(CCCN(CC3CCCCC3)C2=O)C1. The maximum Gasteiger partial charge on any atom is 0.230 e. The van der Waals surface area contributed by atoms with Crippen LogP contribution in [0.4, 0.5) is 0 Å². The Morgan fingerprint density at radius 1 is 1.09 bits per heavy atom. The van der Waals surface area contributed by atoms with Crippen molar-refractivity contribution >= 4 is 15.9 Å². The molecule has 0 radical (unpaired) electrons. The van der Waals surface area contributed by atoms with Gasteiger partial charge in [0.25, 0.3) is 0 Å². The second kappa shape index (κ2) is 6.71. The topological polar surface area (TPSA) is 57.7 Å². The summed E-state index contributed by atoms with van der Waals surface area (Å²) in [6, 6.07) is 0. The Kier molecular flexibility index (Phi) is 5.02. The summed E-state index contributed by atoms with van der Waals surface area (Å²) in [4.78, 5) is 15.1. The van der Waals surface area contributed by atoms with Crippen molar-refractivity contribution in [3.8, 4) is 0 Å². The molecule has 3 aliphatic rings. The molecule has 1 atom stereocenters. The normalized spacial score (nSPS) is 31.2. The molecular formula is C17H30N2O3S. The number of piperidine rings is 1. The lowest BCUT2D eigenvalue weighted by molar-refractivity contribution is -0.146. The highest BCUT2D eigenvalue weighted by atomic mass is 32.2. The molecule has 132 valence electrons. The summed E-state index contributed by atoms with van der Waals surface area (Å²) >= 11 is 0. The molecule has 2 aliphatic heterocycles. The van der Waals surface area contributed by atoms with E-state index >= 15 is 0 Å². The molecule has 1 saturated carbocycles. The Labute approximate surface area is 140 Å². The Morgan fingerprint density at radius 2 is 1.83 bits per heavy atom. The summed E-state index contributed by atoms with van der Waals surface area (Å²) in [5.74, 6) is 1.01. The first-order valence-corrected chi connectivity index (χ1v) is 10.8. The van der Waals surface area contributed by atoms with Crippen molar-refractivity contribution in [2.45, 2.75) is 58.3 Å². The van der Waals surface area contributed by atoms with E-state index in [2.05, 4.69) is 4.90 Å². The van der Waals surface area contributed by atoms with E-state index in [0.717, 1.165) is 25.9 Å². The molecule has 0 aromatic heterocycles. The second-order valence-corrected chi connectivity index (χ2v) is 9.88. The minimum absolute atomic E-state index is 0.128. The Bertz CT molecular complexity index is 542. The zero-order valence-corrected chi connectivity index (χ0v) is 15.1. The van der Waals surface area contributed by atoms with Crippen LogP contribution in [-0.2, 0) is 14.8 Å². The molecule has 0 N–H and O–H groups in total. The van der Waals surface area contributed by atoms with Gasteiger partial charge in [-0.1, -0.05) is 19.3 Å². The van der Waals surface area contributed by atoms with Crippen molar-refractivity contribution in [2.24, 2.45) is 11.3 Å². The van der Waals surface area contributed by atoms with Gasteiger partial charge in [-0.25, -0.2) is 12.7 Å². The highest BCUT2D eigenvalue weighted by molar-refractivity contribution is 7.89. The van der Waals surface area contributed by atoms with Crippen LogP contribution in [0.25, 0.3) is 0 Å². The quantitative estimate of drug-likeness (QED) is 0.787. The Morgan fingerprint density at radius 3 is 2.52 bits per heavy atom. The molecule has 6 heteroatoms. The molecule has 2 heterocycles. The number of likely N-dealkylation sites (tertiary alicyclic amines) is 1. The van der Waals surface area contributed by atoms with Crippen LogP contribution in [0.1, 0.15) is 58.3 Å². The smallest absolute Gasteiger partial charge is 0.230 e. The zero-order chi connectivity index (χ0) is 16.5. The van der Waals surface area contributed by atoms with Gasteiger partial charge in [-0.15, -0.1) is 0 Å². The molecule has 1 spiro atoms. The van der Waals surface area contributed by atoms with Crippen LogP contribution in [0.3, 0.4) is 0 Å². The van der Waals surface area contributed by atoms with Crippen LogP contribution in [0.15, 0.2) is 0 Å². The molecule has 0 aromatic rings. The molecule has 0 unspecified atom stereocenters. The van der Waals surface area contributed by atoms with Gasteiger partial charge in [-0.2, -0.15) is 0 Å². The predicted octanol–water partition coefficient (Wildman–Crippen LogP) is 2.23. The number of carbonyl (C=O) groups is 1. The average Bonchev–Trinajstić information content (AvgIpc) is 2.99. The summed E-state index contributed by atoms with van der Waals surface area (Å²) < 4.78 is 25.8. The molecule has 2 saturated heterocycles. The molecule has 1 amide bonds. The standard InChI is InChI=1S/C17H30N2O3S/c1-2-23(21,22)19-12-10-17(14-19)9-6-11-18(16(17)20)13-15-7-4-3-5-8-15/h15H,2-14H2,1H3/t17-/m0/s1. The molecule has 5 nitrogen and oxygen atoms in total. The van der Waals surface area contributed by atoms with E-state index in [4.69, 9.17) is 0 Å². The van der Waals surface area contributed by atoms with Gasteiger partial charge >= 0.3 is 0 Å².